The third kappa shape index (κ3) is 5.15. The number of ether oxygens (including phenoxy) is 2. The molecule has 37 heavy (non-hydrogen) atoms. The van der Waals surface area contributed by atoms with Gasteiger partial charge in [0.25, 0.3) is 0 Å². The molecule has 9 heteroatoms. The third-order valence-electron chi connectivity index (χ3n) is 7.81. The van der Waals surface area contributed by atoms with Crippen LogP contribution in [0, 0.1) is 11.6 Å². The fourth-order valence-corrected chi connectivity index (χ4v) is 6.65. The molecule has 0 bridgehead atoms. The van der Waals surface area contributed by atoms with E-state index in [1.807, 2.05) is 6.07 Å². The predicted molar refractivity (Wildman–Crippen MR) is 141 cm³/mol. The summed E-state index contributed by atoms with van der Waals surface area (Å²) in [6.45, 7) is 1.82. The number of hydrogen-bond acceptors (Lipinski definition) is 5. The summed E-state index contributed by atoms with van der Waals surface area (Å²) in [5.41, 5.74) is 2.67. The first-order valence-electron chi connectivity index (χ1n) is 12.4. The molecule has 3 aromatic rings. The van der Waals surface area contributed by atoms with Gasteiger partial charge in [0.05, 0.1) is 14.2 Å². The van der Waals surface area contributed by atoms with Gasteiger partial charge in [0.15, 0.2) is 23.1 Å². The Labute approximate surface area is 219 Å². The van der Waals surface area contributed by atoms with E-state index in [0.717, 1.165) is 56.7 Å². The van der Waals surface area contributed by atoms with E-state index in [1.54, 1.807) is 25.6 Å². The van der Waals surface area contributed by atoms with Gasteiger partial charge in [-0.1, -0.05) is 6.07 Å². The second-order valence-corrected chi connectivity index (χ2v) is 10.6. The molecular weight excluding hydrogens is 496 g/mol. The number of methoxy groups -OCH3 is 2. The van der Waals surface area contributed by atoms with Crippen LogP contribution in [0.2, 0.25) is 0 Å². The highest BCUT2D eigenvalue weighted by molar-refractivity contribution is 7.07. The van der Waals surface area contributed by atoms with Gasteiger partial charge in [-0.15, -0.1) is 0 Å². The average molecular weight is 528 g/mol. The molecular formula is C28H31F2N3O3S. The average Bonchev–Trinajstić information content (AvgIpc) is 3.55. The lowest BCUT2D eigenvalue weighted by Crippen LogP contribution is -2.52. The number of anilines is 1. The molecule has 2 aromatic carbocycles. The number of carbonyl (C=O) groups excluding carboxylic acids is 1. The second-order valence-electron chi connectivity index (χ2n) is 9.79. The standard InChI is InChI=1S/C28H31F2N3O3S/c1-35-24-6-3-19(13-25(24)36-2)28-9-7-21(32-27(34)31-20-4-5-22(29)23(30)14-20)15-26(28)33(11-10-28)16-18-8-12-37-17-18/h3-6,8,12-14,17,21,26H,7,9-11,15-16H2,1-2H3,(H2,31,32,34)/t21-,26+,28+/m1/s1. The number of thiophene rings is 1. The van der Waals surface area contributed by atoms with Crippen LogP contribution in [-0.2, 0) is 12.0 Å². The van der Waals surface area contributed by atoms with Crippen molar-refractivity contribution in [3.05, 3.63) is 76.0 Å². The predicted octanol–water partition coefficient (Wildman–Crippen LogP) is 5.93. The van der Waals surface area contributed by atoms with Gasteiger partial charge in [-0.25, -0.2) is 13.6 Å². The molecule has 2 amide bonds. The van der Waals surface area contributed by atoms with Crippen molar-refractivity contribution in [3.63, 3.8) is 0 Å². The van der Waals surface area contributed by atoms with Crippen LogP contribution in [-0.4, -0.2) is 43.8 Å². The molecule has 0 radical (unpaired) electrons. The number of benzene rings is 2. The highest BCUT2D eigenvalue weighted by Crippen LogP contribution is 2.50. The van der Waals surface area contributed by atoms with Crippen molar-refractivity contribution < 1.29 is 23.0 Å². The van der Waals surface area contributed by atoms with Gasteiger partial charge >= 0.3 is 6.03 Å². The van der Waals surface area contributed by atoms with Crippen LogP contribution in [0.3, 0.4) is 0 Å². The monoisotopic (exact) mass is 527 g/mol. The Morgan fingerprint density at radius 3 is 2.65 bits per heavy atom. The van der Waals surface area contributed by atoms with Gasteiger partial charge < -0.3 is 20.1 Å². The normalized spacial score (nSPS) is 23.4. The highest BCUT2D eigenvalue weighted by Gasteiger charge is 2.51. The molecule has 2 N–H and O–H groups in total. The van der Waals surface area contributed by atoms with Crippen molar-refractivity contribution in [1.82, 2.24) is 10.2 Å². The van der Waals surface area contributed by atoms with Gasteiger partial charge in [-0.3, -0.25) is 4.90 Å². The third-order valence-corrected chi connectivity index (χ3v) is 8.54. The molecule has 3 atom stereocenters. The van der Waals surface area contributed by atoms with Gasteiger partial charge in [-0.05, 0) is 84.4 Å². The van der Waals surface area contributed by atoms with Crippen LogP contribution >= 0.6 is 11.3 Å². The molecule has 5 rings (SSSR count). The number of fused-ring (bicyclic) bond motifs is 1. The summed E-state index contributed by atoms with van der Waals surface area (Å²) in [6, 6.07) is 11.5. The van der Waals surface area contributed by atoms with Crippen LogP contribution in [0.25, 0.3) is 0 Å². The smallest absolute Gasteiger partial charge is 0.319 e. The summed E-state index contributed by atoms with van der Waals surface area (Å²) < 4.78 is 37.9. The fraction of sp³-hybridized carbons (Fsp3) is 0.393. The highest BCUT2D eigenvalue weighted by atomic mass is 32.1. The minimum absolute atomic E-state index is 0.0494. The van der Waals surface area contributed by atoms with Gasteiger partial charge in [-0.2, -0.15) is 11.3 Å². The summed E-state index contributed by atoms with van der Waals surface area (Å²) in [6.07, 6.45) is 3.51. The first-order chi connectivity index (χ1) is 17.9. The Morgan fingerprint density at radius 2 is 1.92 bits per heavy atom. The molecule has 1 saturated heterocycles. The number of carbonyl (C=O) groups is 1. The van der Waals surface area contributed by atoms with Crippen LogP contribution in [0.15, 0.2) is 53.2 Å². The summed E-state index contributed by atoms with van der Waals surface area (Å²) in [5, 5.41) is 9.98. The van der Waals surface area contributed by atoms with Crippen LogP contribution in [0.4, 0.5) is 19.3 Å². The lowest BCUT2D eigenvalue weighted by molar-refractivity contribution is 0.131. The molecule has 2 fully saturated rings. The number of amides is 2. The van der Waals surface area contributed by atoms with Crippen LogP contribution in [0.1, 0.15) is 36.8 Å². The summed E-state index contributed by atoms with van der Waals surface area (Å²) in [4.78, 5) is 15.3. The van der Waals surface area contributed by atoms with Crippen LogP contribution < -0.4 is 20.1 Å². The number of hydrogen-bond donors (Lipinski definition) is 2. The van der Waals surface area contributed by atoms with Crippen LogP contribution in [0.5, 0.6) is 11.5 Å². The van der Waals surface area contributed by atoms with Crippen molar-refractivity contribution in [2.45, 2.75) is 49.7 Å². The molecule has 2 heterocycles. The molecule has 1 aliphatic heterocycles. The molecule has 2 aliphatic rings. The lowest BCUT2D eigenvalue weighted by Gasteiger charge is -2.45. The fourth-order valence-electron chi connectivity index (χ4n) is 5.99. The summed E-state index contributed by atoms with van der Waals surface area (Å²) >= 11 is 1.70. The van der Waals surface area contributed by atoms with E-state index in [-0.39, 0.29) is 23.2 Å². The largest absolute Gasteiger partial charge is 0.493 e. The van der Waals surface area contributed by atoms with Crippen molar-refractivity contribution in [3.8, 4) is 11.5 Å². The molecule has 1 aromatic heterocycles. The number of rotatable bonds is 7. The number of nitrogens with zero attached hydrogens (tertiary/aromatic N) is 1. The van der Waals surface area contributed by atoms with E-state index in [2.05, 4.69) is 44.5 Å². The SMILES string of the molecule is COc1ccc([C@@]23CC[C@@H](NC(=O)Nc4ccc(F)c(F)c4)C[C@@H]2N(Cc2ccsc2)CC3)cc1OC. The van der Waals surface area contributed by atoms with Gasteiger partial charge in [0.2, 0.25) is 0 Å². The van der Waals surface area contributed by atoms with Crippen molar-refractivity contribution >= 4 is 23.1 Å². The maximum absolute atomic E-state index is 13.6. The Bertz CT molecular complexity index is 1260. The van der Waals surface area contributed by atoms with Crippen molar-refractivity contribution in [2.24, 2.45) is 0 Å². The maximum Gasteiger partial charge on any atom is 0.319 e. The summed E-state index contributed by atoms with van der Waals surface area (Å²) in [5.74, 6) is -0.519. The Morgan fingerprint density at radius 1 is 1.08 bits per heavy atom. The van der Waals surface area contributed by atoms with E-state index in [9.17, 15) is 13.6 Å². The van der Waals surface area contributed by atoms with E-state index < -0.39 is 17.7 Å². The minimum Gasteiger partial charge on any atom is -0.493 e. The molecule has 1 aliphatic carbocycles. The molecule has 1 saturated carbocycles. The van der Waals surface area contributed by atoms with E-state index in [0.29, 0.717) is 5.75 Å². The first-order valence-corrected chi connectivity index (χ1v) is 13.4. The quantitative estimate of drug-likeness (QED) is 0.400. The van der Waals surface area contributed by atoms with Crippen molar-refractivity contribution in [2.75, 3.05) is 26.1 Å². The molecule has 0 unspecified atom stereocenters. The molecule has 6 nitrogen and oxygen atoms in total. The Kier molecular flexibility index (Phi) is 7.35. The number of nitrogens with one attached hydrogen (secondary N) is 2. The van der Waals surface area contributed by atoms with E-state index in [4.69, 9.17) is 9.47 Å². The van der Waals surface area contributed by atoms with Gasteiger partial charge in [0, 0.05) is 35.8 Å². The Hall–Kier alpha value is -3.17. The number of urea groups is 1. The van der Waals surface area contributed by atoms with Gasteiger partial charge in [0.1, 0.15) is 0 Å². The molecule has 0 spiro atoms. The topological polar surface area (TPSA) is 62.8 Å². The Balaban J connectivity index is 1.36. The van der Waals surface area contributed by atoms with E-state index >= 15 is 0 Å². The zero-order chi connectivity index (χ0) is 26.0. The van der Waals surface area contributed by atoms with E-state index in [1.165, 1.54) is 17.2 Å². The maximum atomic E-state index is 13.6. The molecule has 196 valence electrons. The zero-order valence-corrected chi connectivity index (χ0v) is 21.7. The zero-order valence-electron chi connectivity index (χ0n) is 20.9. The lowest BCUT2D eigenvalue weighted by atomic mass is 9.65. The van der Waals surface area contributed by atoms with Crippen molar-refractivity contribution in [1.29, 1.82) is 0 Å². The summed E-state index contributed by atoms with van der Waals surface area (Å²) in [7, 11) is 3.29. The minimum atomic E-state index is -0.995. The number of likely N-dealkylation sites (tertiary alicyclic amines) is 1. The number of halogens is 2. The first kappa shape index (κ1) is 25.5. The second kappa shape index (κ2) is 10.7.